The first-order valence-corrected chi connectivity index (χ1v) is 7.17. The summed E-state index contributed by atoms with van der Waals surface area (Å²) in [5.41, 5.74) is 1.96. The number of aryl methyl sites for hydroxylation is 1. The summed E-state index contributed by atoms with van der Waals surface area (Å²) in [5, 5.41) is 7.43. The summed E-state index contributed by atoms with van der Waals surface area (Å²) >= 11 is 11.7. The second-order valence-corrected chi connectivity index (χ2v) is 5.21. The van der Waals surface area contributed by atoms with Gasteiger partial charge in [0.25, 0.3) is 5.91 Å². The van der Waals surface area contributed by atoms with Crippen LogP contribution in [0, 0.1) is 6.92 Å². The molecule has 0 radical (unpaired) electrons. The van der Waals surface area contributed by atoms with Crippen LogP contribution in [0.25, 0.3) is 0 Å². The van der Waals surface area contributed by atoms with Gasteiger partial charge in [-0.15, -0.1) is 10.2 Å². The third-order valence-electron chi connectivity index (χ3n) is 2.92. The summed E-state index contributed by atoms with van der Waals surface area (Å²) in [6.45, 7) is 4.71. The fourth-order valence-electron chi connectivity index (χ4n) is 1.88. The van der Waals surface area contributed by atoms with Crippen molar-refractivity contribution >= 4 is 29.1 Å². The lowest BCUT2D eigenvalue weighted by atomic mass is 10.2. The van der Waals surface area contributed by atoms with E-state index in [2.05, 4.69) is 15.2 Å². The summed E-state index contributed by atoms with van der Waals surface area (Å²) in [6, 6.07) is 7.12. The molecule has 1 amide bonds. The van der Waals surface area contributed by atoms with E-state index in [9.17, 15) is 4.79 Å². The number of carbonyl (C=O) groups is 1. The first-order chi connectivity index (χ1) is 10.0. The Hall–Kier alpha value is -1.72. The van der Waals surface area contributed by atoms with Gasteiger partial charge in [-0.1, -0.05) is 29.3 Å². The van der Waals surface area contributed by atoms with Crippen LogP contribution in [-0.4, -0.2) is 32.5 Å². The molecule has 0 saturated carbocycles. The molecule has 0 saturated heterocycles. The van der Waals surface area contributed by atoms with Gasteiger partial charge in [-0.05, 0) is 32.0 Å². The van der Waals surface area contributed by atoms with Gasteiger partial charge in [-0.2, -0.15) is 0 Å². The average Bonchev–Trinajstić information content (AvgIpc) is 2.46. The standard InChI is InChI=1S/C14H14Cl2N4O/c1-3-20(8-10-6-4-5-9(2)17-10)14(21)11-7-12(15)18-19-13(11)16/h4-7H,3,8H2,1-2H3. The predicted molar refractivity (Wildman–Crippen MR) is 81.4 cm³/mol. The first-order valence-electron chi connectivity index (χ1n) is 6.41. The number of aromatic nitrogens is 3. The molecule has 21 heavy (non-hydrogen) atoms. The van der Waals surface area contributed by atoms with Crippen molar-refractivity contribution in [3.8, 4) is 0 Å². The van der Waals surface area contributed by atoms with Crippen molar-refractivity contribution in [2.75, 3.05) is 6.54 Å². The summed E-state index contributed by atoms with van der Waals surface area (Å²) in [5.74, 6) is -0.248. The zero-order valence-electron chi connectivity index (χ0n) is 11.7. The van der Waals surface area contributed by atoms with Crippen LogP contribution in [0.5, 0.6) is 0 Å². The molecule has 0 unspecified atom stereocenters. The van der Waals surface area contributed by atoms with Gasteiger partial charge in [-0.3, -0.25) is 9.78 Å². The third-order valence-corrected chi connectivity index (χ3v) is 3.38. The van der Waals surface area contributed by atoms with Gasteiger partial charge in [0.05, 0.1) is 17.8 Å². The van der Waals surface area contributed by atoms with E-state index in [0.29, 0.717) is 13.1 Å². The molecule has 2 aromatic heterocycles. The molecule has 7 heteroatoms. The lowest BCUT2D eigenvalue weighted by Crippen LogP contribution is -2.31. The summed E-state index contributed by atoms with van der Waals surface area (Å²) in [4.78, 5) is 18.5. The zero-order valence-corrected chi connectivity index (χ0v) is 13.2. The zero-order chi connectivity index (χ0) is 15.4. The van der Waals surface area contributed by atoms with Crippen LogP contribution in [0.3, 0.4) is 0 Å². The van der Waals surface area contributed by atoms with E-state index < -0.39 is 0 Å². The lowest BCUT2D eigenvalue weighted by molar-refractivity contribution is 0.0750. The molecule has 0 atom stereocenters. The van der Waals surface area contributed by atoms with Crippen LogP contribution in [-0.2, 0) is 6.54 Å². The molecule has 0 fully saturated rings. The van der Waals surface area contributed by atoms with Crippen molar-refractivity contribution in [1.29, 1.82) is 0 Å². The van der Waals surface area contributed by atoms with Gasteiger partial charge in [0, 0.05) is 12.2 Å². The minimum atomic E-state index is -0.248. The number of amides is 1. The fourth-order valence-corrected chi connectivity index (χ4v) is 2.20. The Labute approximate surface area is 132 Å². The molecule has 0 aliphatic carbocycles. The van der Waals surface area contributed by atoms with Crippen molar-refractivity contribution in [3.05, 3.63) is 51.5 Å². The van der Waals surface area contributed by atoms with E-state index in [1.54, 1.807) is 4.90 Å². The number of pyridine rings is 1. The average molecular weight is 325 g/mol. The number of hydrogen-bond donors (Lipinski definition) is 0. The smallest absolute Gasteiger partial charge is 0.257 e. The molecule has 0 spiro atoms. The quantitative estimate of drug-likeness (QED) is 0.866. The van der Waals surface area contributed by atoms with Gasteiger partial charge in [-0.25, -0.2) is 0 Å². The Morgan fingerprint density at radius 2 is 2.05 bits per heavy atom. The topological polar surface area (TPSA) is 59.0 Å². The van der Waals surface area contributed by atoms with Gasteiger partial charge in [0.15, 0.2) is 10.3 Å². The van der Waals surface area contributed by atoms with Crippen LogP contribution in [0.15, 0.2) is 24.3 Å². The van der Waals surface area contributed by atoms with E-state index in [1.165, 1.54) is 6.07 Å². The fraction of sp³-hybridized carbons (Fsp3) is 0.286. The molecule has 2 rings (SSSR count). The molecular weight excluding hydrogens is 311 g/mol. The summed E-state index contributed by atoms with van der Waals surface area (Å²) < 4.78 is 0. The van der Waals surface area contributed by atoms with Gasteiger partial charge < -0.3 is 4.90 Å². The van der Waals surface area contributed by atoms with Gasteiger partial charge >= 0.3 is 0 Å². The second kappa shape index (κ2) is 6.83. The second-order valence-electron chi connectivity index (χ2n) is 4.46. The Bertz CT molecular complexity index is 663. The predicted octanol–water partition coefficient (Wildman–Crippen LogP) is 3.15. The molecule has 0 aromatic carbocycles. The van der Waals surface area contributed by atoms with Crippen molar-refractivity contribution in [3.63, 3.8) is 0 Å². The number of rotatable bonds is 4. The SMILES string of the molecule is CCN(Cc1cccc(C)n1)C(=O)c1cc(Cl)nnc1Cl. The van der Waals surface area contributed by atoms with Crippen molar-refractivity contribution < 1.29 is 4.79 Å². The van der Waals surface area contributed by atoms with Crippen molar-refractivity contribution in [2.24, 2.45) is 0 Å². The number of nitrogens with zero attached hydrogens (tertiary/aromatic N) is 4. The Balaban J connectivity index is 2.24. The van der Waals surface area contributed by atoms with Crippen molar-refractivity contribution in [2.45, 2.75) is 20.4 Å². The van der Waals surface area contributed by atoms with Crippen LogP contribution in [0.1, 0.15) is 28.7 Å². The van der Waals surface area contributed by atoms with E-state index in [0.717, 1.165) is 11.4 Å². The maximum absolute atomic E-state index is 12.5. The van der Waals surface area contributed by atoms with Gasteiger partial charge in [0.1, 0.15) is 0 Å². The Kier molecular flexibility index (Phi) is 5.09. The number of halogens is 2. The highest BCUT2D eigenvalue weighted by Gasteiger charge is 2.19. The lowest BCUT2D eigenvalue weighted by Gasteiger charge is -2.21. The molecular formula is C14H14Cl2N4O. The molecule has 0 aliphatic heterocycles. The Morgan fingerprint density at radius 1 is 1.29 bits per heavy atom. The molecule has 0 N–H and O–H groups in total. The minimum Gasteiger partial charge on any atom is -0.333 e. The molecule has 0 bridgehead atoms. The largest absolute Gasteiger partial charge is 0.333 e. The van der Waals surface area contributed by atoms with Crippen LogP contribution in [0.4, 0.5) is 0 Å². The minimum absolute atomic E-state index is 0.0417. The van der Waals surface area contributed by atoms with E-state index >= 15 is 0 Å². The van der Waals surface area contributed by atoms with Gasteiger partial charge in [0.2, 0.25) is 0 Å². The summed E-state index contributed by atoms with van der Waals surface area (Å²) in [6.07, 6.45) is 0. The van der Waals surface area contributed by atoms with E-state index in [4.69, 9.17) is 23.2 Å². The number of carbonyl (C=O) groups excluding carboxylic acids is 1. The first kappa shape index (κ1) is 15.7. The number of hydrogen-bond acceptors (Lipinski definition) is 4. The molecule has 2 heterocycles. The van der Waals surface area contributed by atoms with Crippen LogP contribution in [0.2, 0.25) is 10.3 Å². The normalized spacial score (nSPS) is 10.5. The maximum Gasteiger partial charge on any atom is 0.257 e. The highest BCUT2D eigenvalue weighted by molar-refractivity contribution is 6.34. The maximum atomic E-state index is 12.5. The molecule has 2 aromatic rings. The molecule has 5 nitrogen and oxygen atoms in total. The van der Waals surface area contributed by atoms with E-state index in [1.807, 2.05) is 32.0 Å². The monoisotopic (exact) mass is 324 g/mol. The summed E-state index contributed by atoms with van der Waals surface area (Å²) in [7, 11) is 0. The molecule has 0 aliphatic rings. The Morgan fingerprint density at radius 3 is 2.71 bits per heavy atom. The highest BCUT2D eigenvalue weighted by Crippen LogP contribution is 2.18. The van der Waals surface area contributed by atoms with Crippen molar-refractivity contribution in [1.82, 2.24) is 20.1 Å². The molecule has 110 valence electrons. The third kappa shape index (κ3) is 3.89. The van der Waals surface area contributed by atoms with Crippen LogP contribution < -0.4 is 0 Å². The van der Waals surface area contributed by atoms with Crippen LogP contribution >= 0.6 is 23.2 Å². The highest BCUT2D eigenvalue weighted by atomic mass is 35.5. The van der Waals surface area contributed by atoms with E-state index in [-0.39, 0.29) is 21.8 Å².